The van der Waals surface area contributed by atoms with Crippen LogP contribution in [-0.2, 0) is 0 Å². The summed E-state index contributed by atoms with van der Waals surface area (Å²) in [5.74, 6) is 0.315. The van der Waals surface area contributed by atoms with Gasteiger partial charge in [0.05, 0.1) is 0 Å². The van der Waals surface area contributed by atoms with Crippen LogP contribution >= 0.6 is 0 Å². The highest BCUT2D eigenvalue weighted by Crippen LogP contribution is 2.22. The van der Waals surface area contributed by atoms with Crippen molar-refractivity contribution in [2.24, 2.45) is 0 Å². The van der Waals surface area contributed by atoms with E-state index in [9.17, 15) is 4.79 Å². The lowest BCUT2D eigenvalue weighted by Crippen LogP contribution is -2.40. The van der Waals surface area contributed by atoms with Crippen molar-refractivity contribution in [3.63, 3.8) is 0 Å². The van der Waals surface area contributed by atoms with Gasteiger partial charge in [-0.15, -0.1) is 10.2 Å². The zero-order valence-electron chi connectivity index (χ0n) is 11.0. The fourth-order valence-corrected chi connectivity index (χ4v) is 3.01. The van der Waals surface area contributed by atoms with E-state index in [4.69, 9.17) is 5.73 Å². The molecule has 3 heterocycles. The number of fused-ring (bicyclic) bond motifs is 1. The van der Waals surface area contributed by atoms with E-state index in [1.54, 1.807) is 12.1 Å². The van der Waals surface area contributed by atoms with Crippen LogP contribution in [0.3, 0.4) is 0 Å². The van der Waals surface area contributed by atoms with Crippen molar-refractivity contribution in [2.45, 2.75) is 25.3 Å². The maximum Gasteiger partial charge on any atom is 0.274 e. The molecule has 1 aromatic heterocycles. The molecule has 0 radical (unpaired) electrons. The molecule has 2 saturated heterocycles. The molecular formula is C13H19N5O. The van der Waals surface area contributed by atoms with Crippen LogP contribution in [-0.4, -0.2) is 58.1 Å². The second kappa shape index (κ2) is 5.13. The van der Waals surface area contributed by atoms with E-state index < -0.39 is 0 Å². The molecule has 1 amide bonds. The van der Waals surface area contributed by atoms with Gasteiger partial charge in [0.1, 0.15) is 5.82 Å². The first-order chi connectivity index (χ1) is 9.24. The fraction of sp³-hybridized carbons (Fsp3) is 0.615. The molecule has 1 aromatic rings. The van der Waals surface area contributed by atoms with Gasteiger partial charge in [0.25, 0.3) is 5.91 Å². The minimum atomic E-state index is -0.0266. The molecule has 2 aliphatic heterocycles. The molecule has 2 N–H and O–H groups in total. The van der Waals surface area contributed by atoms with Gasteiger partial charge in [-0.25, -0.2) is 0 Å². The quantitative estimate of drug-likeness (QED) is 0.790. The highest BCUT2D eigenvalue weighted by molar-refractivity contribution is 5.92. The average Bonchev–Trinajstić information content (AvgIpc) is 2.76. The summed E-state index contributed by atoms with van der Waals surface area (Å²) in [6.07, 6.45) is 3.47. The number of carbonyl (C=O) groups is 1. The lowest BCUT2D eigenvalue weighted by molar-refractivity contribution is 0.0736. The number of rotatable bonds is 1. The van der Waals surface area contributed by atoms with Gasteiger partial charge in [-0.05, 0) is 37.9 Å². The highest BCUT2D eigenvalue weighted by Gasteiger charge is 2.31. The number of nitrogens with two attached hydrogens (primary N) is 1. The van der Waals surface area contributed by atoms with E-state index >= 15 is 0 Å². The van der Waals surface area contributed by atoms with Crippen LogP contribution in [0.2, 0.25) is 0 Å². The van der Waals surface area contributed by atoms with Gasteiger partial charge in [-0.3, -0.25) is 9.69 Å². The Bertz CT molecular complexity index is 461. The SMILES string of the molecule is Nc1ccc(C(=O)N2CCCN3CCCC3C2)nn1. The summed E-state index contributed by atoms with van der Waals surface area (Å²) in [5.41, 5.74) is 5.88. The molecule has 1 unspecified atom stereocenters. The van der Waals surface area contributed by atoms with E-state index in [0.717, 1.165) is 26.1 Å². The molecule has 3 rings (SSSR count). The Hall–Kier alpha value is -1.69. The molecule has 6 heteroatoms. The monoisotopic (exact) mass is 261 g/mol. The minimum absolute atomic E-state index is 0.0266. The number of nitrogen functional groups attached to an aromatic ring is 1. The molecule has 6 nitrogen and oxygen atoms in total. The Morgan fingerprint density at radius 3 is 2.84 bits per heavy atom. The Morgan fingerprint density at radius 2 is 2.05 bits per heavy atom. The van der Waals surface area contributed by atoms with Crippen molar-refractivity contribution < 1.29 is 4.79 Å². The molecule has 2 fully saturated rings. The van der Waals surface area contributed by atoms with Crippen molar-refractivity contribution in [3.05, 3.63) is 17.8 Å². The predicted molar refractivity (Wildman–Crippen MR) is 71.6 cm³/mol. The standard InChI is InChI=1S/C13H19N5O/c14-12-5-4-11(15-16-12)13(19)18-8-2-7-17-6-1-3-10(17)9-18/h4-5,10H,1-3,6-9H2,(H2,14,16). The summed E-state index contributed by atoms with van der Waals surface area (Å²) in [4.78, 5) is 16.8. The maximum atomic E-state index is 12.4. The Balaban J connectivity index is 1.73. The number of hydrogen-bond acceptors (Lipinski definition) is 5. The Morgan fingerprint density at radius 1 is 1.21 bits per heavy atom. The van der Waals surface area contributed by atoms with Crippen LogP contribution in [0.1, 0.15) is 29.8 Å². The van der Waals surface area contributed by atoms with Gasteiger partial charge in [0, 0.05) is 25.7 Å². The van der Waals surface area contributed by atoms with Crippen molar-refractivity contribution >= 4 is 11.7 Å². The third-order valence-corrected chi connectivity index (χ3v) is 4.00. The third kappa shape index (κ3) is 2.53. The molecular weight excluding hydrogens is 242 g/mol. The zero-order chi connectivity index (χ0) is 13.2. The van der Waals surface area contributed by atoms with Gasteiger partial charge in [0.15, 0.2) is 5.69 Å². The minimum Gasteiger partial charge on any atom is -0.382 e. The van der Waals surface area contributed by atoms with Crippen molar-refractivity contribution in [3.8, 4) is 0 Å². The first-order valence-corrected chi connectivity index (χ1v) is 6.86. The third-order valence-electron chi connectivity index (χ3n) is 4.00. The van der Waals surface area contributed by atoms with Crippen LogP contribution in [0.5, 0.6) is 0 Å². The summed E-state index contributed by atoms with van der Waals surface area (Å²) in [6, 6.07) is 3.80. The Labute approximate surface area is 112 Å². The summed E-state index contributed by atoms with van der Waals surface area (Å²) in [5, 5.41) is 7.64. The number of amides is 1. The second-order valence-electron chi connectivity index (χ2n) is 5.28. The lowest BCUT2D eigenvalue weighted by Gasteiger charge is -2.25. The molecule has 0 bridgehead atoms. The lowest BCUT2D eigenvalue weighted by atomic mass is 10.2. The van der Waals surface area contributed by atoms with Crippen molar-refractivity contribution in [1.82, 2.24) is 20.0 Å². The molecule has 0 aromatic carbocycles. The van der Waals surface area contributed by atoms with E-state index in [1.807, 2.05) is 4.90 Å². The second-order valence-corrected chi connectivity index (χ2v) is 5.28. The van der Waals surface area contributed by atoms with Gasteiger partial charge >= 0.3 is 0 Å². The summed E-state index contributed by atoms with van der Waals surface area (Å²) < 4.78 is 0. The normalized spacial score (nSPS) is 24.0. The van der Waals surface area contributed by atoms with Gasteiger partial charge in [0.2, 0.25) is 0 Å². The number of aromatic nitrogens is 2. The van der Waals surface area contributed by atoms with Crippen LogP contribution in [0.25, 0.3) is 0 Å². The molecule has 0 spiro atoms. The molecule has 102 valence electrons. The molecule has 2 aliphatic rings. The van der Waals surface area contributed by atoms with E-state index in [0.29, 0.717) is 17.6 Å². The number of nitrogens with zero attached hydrogens (tertiary/aromatic N) is 4. The Kier molecular flexibility index (Phi) is 3.33. The zero-order valence-corrected chi connectivity index (χ0v) is 11.0. The first-order valence-electron chi connectivity index (χ1n) is 6.86. The highest BCUT2D eigenvalue weighted by atomic mass is 16.2. The van der Waals surface area contributed by atoms with E-state index in [1.165, 1.54) is 19.4 Å². The molecule has 0 saturated carbocycles. The van der Waals surface area contributed by atoms with Gasteiger partial charge in [-0.1, -0.05) is 0 Å². The average molecular weight is 261 g/mol. The topological polar surface area (TPSA) is 75.4 Å². The van der Waals surface area contributed by atoms with Crippen LogP contribution in [0.15, 0.2) is 12.1 Å². The summed E-state index contributed by atoms with van der Waals surface area (Å²) >= 11 is 0. The van der Waals surface area contributed by atoms with Crippen molar-refractivity contribution in [1.29, 1.82) is 0 Å². The van der Waals surface area contributed by atoms with Crippen LogP contribution in [0.4, 0.5) is 5.82 Å². The number of carbonyl (C=O) groups excluding carboxylic acids is 1. The molecule has 0 aliphatic carbocycles. The van der Waals surface area contributed by atoms with Crippen LogP contribution < -0.4 is 5.73 Å². The number of hydrogen-bond donors (Lipinski definition) is 1. The van der Waals surface area contributed by atoms with Gasteiger partial charge in [-0.2, -0.15) is 0 Å². The smallest absolute Gasteiger partial charge is 0.274 e. The van der Waals surface area contributed by atoms with Crippen molar-refractivity contribution in [2.75, 3.05) is 31.9 Å². The van der Waals surface area contributed by atoms with Gasteiger partial charge < -0.3 is 10.6 Å². The molecule has 19 heavy (non-hydrogen) atoms. The predicted octanol–water partition coefficient (Wildman–Crippen LogP) is 0.369. The van der Waals surface area contributed by atoms with E-state index in [-0.39, 0.29) is 5.91 Å². The largest absolute Gasteiger partial charge is 0.382 e. The number of anilines is 1. The summed E-state index contributed by atoms with van der Waals surface area (Å²) in [7, 11) is 0. The fourth-order valence-electron chi connectivity index (χ4n) is 3.01. The first kappa shape index (κ1) is 12.3. The maximum absolute atomic E-state index is 12.4. The molecule has 1 atom stereocenters. The van der Waals surface area contributed by atoms with E-state index in [2.05, 4.69) is 15.1 Å². The van der Waals surface area contributed by atoms with Crippen LogP contribution in [0, 0.1) is 0 Å². The summed E-state index contributed by atoms with van der Waals surface area (Å²) in [6.45, 7) is 3.89.